The molecule has 4 aliphatic rings. The fraction of sp³-hybridized carbons (Fsp3) is 0.542. The van der Waals surface area contributed by atoms with Crippen molar-refractivity contribution in [1.29, 1.82) is 0 Å². The molecular weight excluding hydrogens is 885 g/mol. The largest absolute Gasteiger partial charge is 0.633 e. The van der Waals surface area contributed by atoms with Gasteiger partial charge in [-0.3, -0.25) is 9.36 Å². The summed E-state index contributed by atoms with van der Waals surface area (Å²) < 4.78 is 29.9. The highest BCUT2D eigenvalue weighted by Gasteiger charge is 2.33. The number of aryl methyl sites for hydroxylation is 4. The molecular formula is C48H66N14O3S2. The molecule has 4 aliphatic carbocycles. The van der Waals surface area contributed by atoms with Gasteiger partial charge in [0, 0.05) is 35.6 Å². The van der Waals surface area contributed by atoms with Crippen LogP contribution in [0.2, 0.25) is 0 Å². The third-order valence-corrected chi connectivity index (χ3v) is 16.3. The van der Waals surface area contributed by atoms with Gasteiger partial charge in [0.25, 0.3) is 15.0 Å². The number of aromatic nitrogens is 10. The zero-order valence-electron chi connectivity index (χ0n) is 40.6. The molecule has 2 aromatic carbocycles. The second kappa shape index (κ2) is 18.4. The van der Waals surface area contributed by atoms with Crippen molar-refractivity contribution >= 4 is 44.9 Å². The summed E-state index contributed by atoms with van der Waals surface area (Å²) >= 11 is 1.51. The van der Waals surface area contributed by atoms with E-state index in [0.717, 1.165) is 62.1 Å². The van der Waals surface area contributed by atoms with E-state index in [9.17, 15) is 13.6 Å². The molecule has 0 fully saturated rings. The lowest BCUT2D eigenvalue weighted by Crippen LogP contribution is -2.36. The zero-order valence-corrected chi connectivity index (χ0v) is 42.3. The van der Waals surface area contributed by atoms with Crippen molar-refractivity contribution in [2.24, 2.45) is 0 Å². The van der Waals surface area contributed by atoms with Gasteiger partial charge in [-0.1, -0.05) is 12.1 Å². The number of sulfone groups is 1. The molecule has 0 saturated carbocycles. The Hall–Kier alpha value is -5.08. The average molecular weight is 951 g/mol. The third-order valence-electron chi connectivity index (χ3n) is 14.1. The lowest BCUT2D eigenvalue weighted by atomic mass is 9.99. The number of hydroxylamine groups is 3. The number of H-pyrrole nitrogens is 2. The van der Waals surface area contributed by atoms with Crippen LogP contribution in [-0.4, -0.2) is 96.1 Å². The monoisotopic (exact) mass is 950 g/mol. The molecule has 0 radical (unpaired) electrons. The predicted octanol–water partition coefficient (Wildman–Crippen LogP) is 8.85. The van der Waals surface area contributed by atoms with E-state index in [2.05, 4.69) is 104 Å². The maximum absolute atomic E-state index is 13.4. The van der Waals surface area contributed by atoms with Crippen LogP contribution in [-0.2, 0) is 61.2 Å². The molecule has 358 valence electrons. The van der Waals surface area contributed by atoms with Crippen LogP contribution >= 0.6 is 11.8 Å². The predicted molar refractivity (Wildman–Crippen MR) is 261 cm³/mol. The molecule has 67 heavy (non-hydrogen) atoms. The summed E-state index contributed by atoms with van der Waals surface area (Å²) in [7, 11) is 3.20. The average Bonchev–Trinajstić information content (AvgIpc) is 4.11. The molecule has 2 atom stereocenters. The summed E-state index contributed by atoms with van der Waals surface area (Å²) in [4.78, 5) is 11.2. The first-order valence-electron chi connectivity index (χ1n) is 23.9. The molecule has 6 aromatic rings. The molecule has 17 nitrogen and oxygen atoms in total. The van der Waals surface area contributed by atoms with Crippen LogP contribution in [0.4, 0.5) is 23.3 Å². The molecule has 0 spiro atoms. The molecule has 0 amide bonds. The number of hydrogen-bond donors (Lipinski definition) is 4. The summed E-state index contributed by atoms with van der Waals surface area (Å²) in [5.74, 6) is 0.944. The summed E-state index contributed by atoms with van der Waals surface area (Å²) in [6.07, 6.45) is 13.6. The Balaban J connectivity index is 0.000000169. The van der Waals surface area contributed by atoms with Crippen LogP contribution < -0.4 is 10.6 Å². The molecule has 0 bridgehead atoms. The van der Waals surface area contributed by atoms with Crippen molar-refractivity contribution in [3.05, 3.63) is 85.4 Å². The Labute approximate surface area is 398 Å². The maximum Gasteiger partial charge on any atom is 0.260 e. The van der Waals surface area contributed by atoms with Crippen molar-refractivity contribution in [2.45, 2.75) is 163 Å². The van der Waals surface area contributed by atoms with Crippen LogP contribution in [0.1, 0.15) is 147 Å². The minimum atomic E-state index is -4.06. The van der Waals surface area contributed by atoms with Gasteiger partial charge in [-0.2, -0.15) is 20.2 Å². The van der Waals surface area contributed by atoms with E-state index < -0.39 is 20.5 Å². The Kier molecular flexibility index (Phi) is 12.9. The van der Waals surface area contributed by atoms with Gasteiger partial charge in [-0.05, 0) is 195 Å². The van der Waals surface area contributed by atoms with E-state index in [1.54, 1.807) is 11.6 Å². The van der Waals surface area contributed by atoms with Gasteiger partial charge in [0.15, 0.2) is 5.03 Å². The van der Waals surface area contributed by atoms with Crippen molar-refractivity contribution in [2.75, 3.05) is 38.8 Å². The normalized spacial score (nSPS) is 16.3. The molecule has 0 saturated heterocycles. The number of hydrogen-bond acceptors (Lipinski definition) is 13. The van der Waals surface area contributed by atoms with E-state index in [1.165, 1.54) is 113 Å². The first-order valence-corrected chi connectivity index (χ1v) is 26.2. The van der Waals surface area contributed by atoms with Gasteiger partial charge in [-0.15, -0.1) is 10.2 Å². The summed E-state index contributed by atoms with van der Waals surface area (Å²) in [5.41, 5.74) is 15.4. The second-order valence-corrected chi connectivity index (χ2v) is 22.7. The second-order valence-electron chi connectivity index (χ2n) is 19.9. The first-order chi connectivity index (χ1) is 31.9. The van der Waals surface area contributed by atoms with E-state index in [4.69, 9.17) is 10.1 Å². The number of nitrogens with zero attached hydrogens (tertiary/aromatic N) is 10. The van der Waals surface area contributed by atoms with E-state index in [-0.39, 0.29) is 28.2 Å². The Morgan fingerprint density at radius 2 is 1.21 bits per heavy atom. The van der Waals surface area contributed by atoms with E-state index in [0.29, 0.717) is 22.8 Å². The van der Waals surface area contributed by atoms with Crippen molar-refractivity contribution in [3.8, 4) is 0 Å². The highest BCUT2D eigenvalue weighted by atomic mass is 32.2. The fourth-order valence-corrected chi connectivity index (χ4v) is 11.9. The SMILES string of the molecule is CC(C)n1nc(S(=O)(=O)c2nc(Nc3c4c(cc5c3CCC5)CCC4)n[nH]2)cc1C(C)[N+](C)(C)[O-].CC(c1cc(Sc2n[nH]c(Nc3c4c(cc5c3CCC5)CCC4)n2)nn1C(C)C)N(C)C. The molecule has 4 aromatic heterocycles. The van der Waals surface area contributed by atoms with Crippen molar-refractivity contribution in [3.63, 3.8) is 0 Å². The minimum Gasteiger partial charge on any atom is -0.633 e. The van der Waals surface area contributed by atoms with Gasteiger partial charge in [0.1, 0.15) is 11.1 Å². The van der Waals surface area contributed by atoms with Gasteiger partial charge >= 0.3 is 0 Å². The Morgan fingerprint density at radius 1 is 0.687 bits per heavy atom. The standard InChI is InChI=1S/C24H33N7O3S.C24H33N7S/c1-14(2)30-20(15(3)31(4,5)32)13-21(29-30)35(33,34)24-26-23(27-28-24)25-22-18-10-6-8-16(18)12-17-9-7-11-19(17)22;1-14(2)31-20(15(3)30(4)5)13-21(29-31)32-24-26-23(27-28-24)25-22-18-10-6-8-16(18)12-17-9-7-11-19(17)22/h12-15H,6-11H2,1-5H3,(H2,25,26,27,28);12-15H,6-11H2,1-5H3,(H2,25,26,27,28). The minimum absolute atomic E-state index is 0.114. The maximum atomic E-state index is 13.4. The lowest BCUT2D eigenvalue weighted by Gasteiger charge is -2.40. The molecule has 4 heterocycles. The zero-order chi connectivity index (χ0) is 47.5. The first kappa shape index (κ1) is 47.0. The summed E-state index contributed by atoms with van der Waals surface area (Å²) in [6, 6.07) is 8.41. The molecule has 4 N–H and O–H groups in total. The molecule has 19 heteroatoms. The van der Waals surface area contributed by atoms with Gasteiger partial charge in [0.05, 0.1) is 25.5 Å². The number of benzene rings is 2. The number of quaternary nitrogens is 1. The van der Waals surface area contributed by atoms with Crippen LogP contribution in [0.3, 0.4) is 0 Å². The van der Waals surface area contributed by atoms with Crippen molar-refractivity contribution < 1.29 is 13.1 Å². The Morgan fingerprint density at radius 3 is 1.72 bits per heavy atom. The summed E-state index contributed by atoms with van der Waals surface area (Å²) in [6.45, 7) is 12.1. The summed E-state index contributed by atoms with van der Waals surface area (Å²) in [5, 5.41) is 44.2. The fourth-order valence-electron chi connectivity index (χ4n) is 10.1. The number of rotatable bonds is 14. The molecule has 2 unspecified atom stereocenters. The molecule has 10 rings (SSSR count). The topological polar surface area (TPSA) is 203 Å². The van der Waals surface area contributed by atoms with Gasteiger partial charge < -0.3 is 25.4 Å². The van der Waals surface area contributed by atoms with Crippen LogP contribution in [0.5, 0.6) is 0 Å². The number of anilines is 4. The number of aromatic amines is 2. The number of nitrogens with one attached hydrogen (secondary N) is 4. The van der Waals surface area contributed by atoms with E-state index >= 15 is 0 Å². The van der Waals surface area contributed by atoms with Crippen LogP contribution in [0, 0.1) is 5.21 Å². The third kappa shape index (κ3) is 9.29. The highest BCUT2D eigenvalue weighted by molar-refractivity contribution is 7.99. The van der Waals surface area contributed by atoms with Crippen LogP contribution in [0.25, 0.3) is 0 Å². The lowest BCUT2D eigenvalue weighted by molar-refractivity contribution is -0.871. The smallest absolute Gasteiger partial charge is 0.260 e. The van der Waals surface area contributed by atoms with Gasteiger partial charge in [0.2, 0.25) is 17.1 Å². The quantitative estimate of drug-likeness (QED) is 0.0596. The van der Waals surface area contributed by atoms with Crippen LogP contribution in [0.15, 0.2) is 44.6 Å². The van der Waals surface area contributed by atoms with Crippen molar-refractivity contribution in [1.82, 2.24) is 54.8 Å². The Bertz CT molecular complexity index is 2840. The molecule has 0 aliphatic heterocycles. The van der Waals surface area contributed by atoms with Gasteiger partial charge in [-0.25, -0.2) is 18.6 Å². The van der Waals surface area contributed by atoms with E-state index in [1.807, 2.05) is 13.8 Å². The highest BCUT2D eigenvalue weighted by Crippen LogP contribution is 2.42. The number of fused-ring (bicyclic) bond motifs is 4.